The van der Waals surface area contributed by atoms with Crippen molar-refractivity contribution >= 4 is 29.1 Å². The molecule has 3 aromatic rings. The van der Waals surface area contributed by atoms with Crippen molar-refractivity contribution in [3.8, 4) is 16.9 Å². The average molecular weight is 431 g/mol. The van der Waals surface area contributed by atoms with Crippen molar-refractivity contribution in [3.05, 3.63) is 66.0 Å². The minimum atomic E-state index is -0.584. The highest BCUT2D eigenvalue weighted by Gasteiger charge is 2.24. The molecule has 0 radical (unpaired) electrons. The van der Waals surface area contributed by atoms with E-state index in [2.05, 4.69) is 10.6 Å². The molecule has 5 nitrogen and oxygen atoms in total. The summed E-state index contributed by atoms with van der Waals surface area (Å²) in [6, 6.07) is 15.6. The topological polar surface area (TPSA) is 70.6 Å². The van der Waals surface area contributed by atoms with Crippen molar-refractivity contribution in [3.63, 3.8) is 0 Å². The Morgan fingerprint density at radius 2 is 1.87 bits per heavy atom. The summed E-state index contributed by atoms with van der Waals surface area (Å²) >= 11 is 0. The number of amides is 1. The van der Waals surface area contributed by atoms with Gasteiger partial charge in [0.2, 0.25) is 0 Å². The number of fused-ring (bicyclic) bond motifs is 1. The number of methoxy groups -OCH3 is 1. The highest BCUT2D eigenvalue weighted by atomic mass is 35.5. The zero-order valence-electron chi connectivity index (χ0n) is 16.5. The van der Waals surface area contributed by atoms with Crippen LogP contribution < -0.4 is 15.4 Å². The molecule has 1 aliphatic rings. The first-order valence-electron chi connectivity index (χ1n) is 9.62. The van der Waals surface area contributed by atoms with E-state index >= 15 is 0 Å². The lowest BCUT2D eigenvalue weighted by molar-refractivity contribution is 0.0765. The van der Waals surface area contributed by atoms with Gasteiger partial charge >= 0.3 is 0 Å². The van der Waals surface area contributed by atoms with Crippen LogP contribution in [0, 0.1) is 5.82 Å². The number of hydrogen-bond acceptors (Lipinski definition) is 4. The number of aliphatic hydroxyl groups excluding tert-OH is 1. The van der Waals surface area contributed by atoms with Gasteiger partial charge in [-0.1, -0.05) is 18.2 Å². The van der Waals surface area contributed by atoms with E-state index < -0.39 is 6.10 Å². The maximum absolute atomic E-state index is 13.8. The summed E-state index contributed by atoms with van der Waals surface area (Å²) in [5, 5.41) is 17.9. The van der Waals surface area contributed by atoms with E-state index in [9.17, 15) is 14.3 Å². The van der Waals surface area contributed by atoms with Crippen LogP contribution in [-0.2, 0) is 0 Å². The lowest BCUT2D eigenvalue weighted by Gasteiger charge is -2.29. The summed E-state index contributed by atoms with van der Waals surface area (Å²) in [5.74, 6) is -0.0874. The summed E-state index contributed by atoms with van der Waals surface area (Å²) < 4.78 is 19.0. The van der Waals surface area contributed by atoms with Gasteiger partial charge in [-0.05, 0) is 65.2 Å². The quantitative estimate of drug-likeness (QED) is 0.592. The molecule has 1 aliphatic heterocycles. The van der Waals surface area contributed by atoms with Crippen LogP contribution in [0.1, 0.15) is 16.8 Å². The molecule has 0 saturated carbocycles. The van der Waals surface area contributed by atoms with Crippen LogP contribution in [0.4, 0.5) is 4.39 Å². The lowest BCUT2D eigenvalue weighted by atomic mass is 9.99. The van der Waals surface area contributed by atoms with Gasteiger partial charge in [0.1, 0.15) is 11.6 Å². The Morgan fingerprint density at radius 1 is 1.10 bits per heavy atom. The number of halogens is 2. The minimum Gasteiger partial charge on any atom is -0.497 e. The summed E-state index contributed by atoms with van der Waals surface area (Å²) in [6.07, 6.45) is 0.111. The fraction of sp³-hybridized carbons (Fsp3) is 0.261. The number of aliphatic hydroxyl groups is 1. The first kappa shape index (κ1) is 22.0. The van der Waals surface area contributed by atoms with E-state index in [4.69, 9.17) is 4.74 Å². The number of benzene rings is 3. The highest BCUT2D eigenvalue weighted by molar-refractivity contribution is 5.99. The van der Waals surface area contributed by atoms with E-state index in [0.717, 1.165) is 28.4 Å². The largest absolute Gasteiger partial charge is 0.497 e. The molecule has 2 atom stereocenters. The van der Waals surface area contributed by atoms with Gasteiger partial charge in [0.05, 0.1) is 19.3 Å². The number of rotatable bonds is 4. The van der Waals surface area contributed by atoms with Gasteiger partial charge in [0.25, 0.3) is 5.91 Å². The van der Waals surface area contributed by atoms with Crippen LogP contribution in [-0.4, -0.2) is 43.4 Å². The molecule has 1 amide bonds. The van der Waals surface area contributed by atoms with Crippen molar-refractivity contribution in [2.45, 2.75) is 18.6 Å². The summed E-state index contributed by atoms with van der Waals surface area (Å²) in [6.45, 7) is 1.25. The van der Waals surface area contributed by atoms with Gasteiger partial charge in [0, 0.05) is 18.2 Å². The summed E-state index contributed by atoms with van der Waals surface area (Å²) in [4.78, 5) is 12.6. The minimum absolute atomic E-state index is 0. The molecule has 3 N–H and O–H groups in total. The molecule has 4 rings (SSSR count). The van der Waals surface area contributed by atoms with Crippen LogP contribution in [0.5, 0.6) is 5.75 Å². The van der Waals surface area contributed by atoms with E-state index in [0.29, 0.717) is 24.3 Å². The normalized spacial score (nSPS) is 18.5. The maximum Gasteiger partial charge on any atom is 0.251 e. The third kappa shape index (κ3) is 4.73. The van der Waals surface area contributed by atoms with Crippen LogP contribution in [0.15, 0.2) is 54.6 Å². The molecular weight excluding hydrogens is 407 g/mol. The summed E-state index contributed by atoms with van der Waals surface area (Å²) in [5.41, 5.74) is 2.14. The van der Waals surface area contributed by atoms with Gasteiger partial charge in [-0.2, -0.15) is 0 Å². The predicted octanol–water partition coefficient (Wildman–Crippen LogP) is 3.53. The Kier molecular flexibility index (Phi) is 6.92. The molecule has 0 unspecified atom stereocenters. The molecular formula is C23H24ClFN2O3. The van der Waals surface area contributed by atoms with E-state index in [-0.39, 0.29) is 30.2 Å². The standard InChI is InChI=1S/C23H23FN2O3.ClH/c1-29-20-11-18(10-19(24)12-20)16-3-2-15-9-17(5-4-14(15)8-16)23(28)26-21-6-7-25-13-22(21)27;/h2-5,8-12,21-22,25,27H,6-7,13H2,1H3,(H,26,28);1H/t21-,22-;/m1./s1. The lowest BCUT2D eigenvalue weighted by Crippen LogP contribution is -2.52. The van der Waals surface area contributed by atoms with Crippen LogP contribution in [0.2, 0.25) is 0 Å². The molecule has 0 aliphatic carbocycles. The zero-order valence-corrected chi connectivity index (χ0v) is 17.3. The Morgan fingerprint density at radius 3 is 2.63 bits per heavy atom. The number of carbonyl (C=O) groups is 1. The molecule has 0 spiro atoms. The third-order valence-electron chi connectivity index (χ3n) is 5.31. The monoisotopic (exact) mass is 430 g/mol. The second kappa shape index (κ2) is 9.43. The Bertz CT molecular complexity index is 1060. The molecule has 7 heteroatoms. The Hall–Kier alpha value is -2.67. The van der Waals surface area contributed by atoms with E-state index in [1.54, 1.807) is 12.1 Å². The first-order valence-corrected chi connectivity index (χ1v) is 9.62. The fourth-order valence-electron chi connectivity index (χ4n) is 3.68. The van der Waals surface area contributed by atoms with Crippen LogP contribution in [0.25, 0.3) is 21.9 Å². The van der Waals surface area contributed by atoms with E-state index in [1.165, 1.54) is 19.2 Å². The fourth-order valence-corrected chi connectivity index (χ4v) is 3.68. The van der Waals surface area contributed by atoms with Gasteiger partial charge in [-0.15, -0.1) is 12.4 Å². The van der Waals surface area contributed by atoms with Gasteiger partial charge in [-0.25, -0.2) is 4.39 Å². The van der Waals surface area contributed by atoms with Gasteiger partial charge in [0.15, 0.2) is 0 Å². The smallest absolute Gasteiger partial charge is 0.251 e. The SMILES string of the molecule is COc1cc(F)cc(-c2ccc3cc(C(=O)N[C@@H]4CCNC[C@H]4O)ccc3c2)c1.Cl. The number of ether oxygens (including phenoxy) is 1. The van der Waals surface area contributed by atoms with Crippen molar-refractivity contribution in [1.82, 2.24) is 10.6 Å². The molecule has 1 saturated heterocycles. The second-order valence-corrected chi connectivity index (χ2v) is 7.30. The Labute approximate surface area is 180 Å². The number of nitrogens with one attached hydrogen (secondary N) is 2. The molecule has 30 heavy (non-hydrogen) atoms. The zero-order chi connectivity index (χ0) is 20.4. The molecule has 1 fully saturated rings. The van der Waals surface area contributed by atoms with Crippen LogP contribution in [0.3, 0.4) is 0 Å². The van der Waals surface area contributed by atoms with Gasteiger partial charge < -0.3 is 20.5 Å². The second-order valence-electron chi connectivity index (χ2n) is 7.30. The number of β-amino-alcohol motifs (C(OH)–C–C–N with tert-alkyl or cyclic N) is 1. The van der Waals surface area contributed by atoms with Crippen molar-refractivity contribution in [1.29, 1.82) is 0 Å². The maximum atomic E-state index is 13.8. The number of hydrogen-bond donors (Lipinski definition) is 3. The molecule has 0 bridgehead atoms. The molecule has 158 valence electrons. The van der Waals surface area contributed by atoms with Crippen LogP contribution >= 0.6 is 12.4 Å². The molecule has 3 aromatic carbocycles. The van der Waals surface area contributed by atoms with Crippen molar-refractivity contribution in [2.24, 2.45) is 0 Å². The molecule has 0 aromatic heterocycles. The first-order chi connectivity index (χ1) is 14.0. The number of carbonyl (C=O) groups excluding carboxylic acids is 1. The highest BCUT2D eigenvalue weighted by Crippen LogP contribution is 2.29. The number of piperidine rings is 1. The van der Waals surface area contributed by atoms with E-state index in [1.807, 2.05) is 30.3 Å². The molecule has 1 heterocycles. The third-order valence-corrected chi connectivity index (χ3v) is 5.31. The van der Waals surface area contributed by atoms with Crippen molar-refractivity contribution in [2.75, 3.05) is 20.2 Å². The van der Waals surface area contributed by atoms with Gasteiger partial charge in [-0.3, -0.25) is 4.79 Å². The Balaban J connectivity index is 0.00000256. The predicted molar refractivity (Wildman–Crippen MR) is 118 cm³/mol. The van der Waals surface area contributed by atoms with Crippen molar-refractivity contribution < 1.29 is 19.0 Å². The summed E-state index contributed by atoms with van der Waals surface area (Å²) in [7, 11) is 1.51. The average Bonchev–Trinajstić information content (AvgIpc) is 2.74.